The van der Waals surface area contributed by atoms with Gasteiger partial charge >= 0.3 is 6.09 Å². The lowest BCUT2D eigenvalue weighted by atomic mass is 9.98. The van der Waals surface area contributed by atoms with Gasteiger partial charge in [0.05, 0.1) is 13.7 Å². The van der Waals surface area contributed by atoms with Crippen LogP contribution in [-0.2, 0) is 9.53 Å². The number of rotatable bonds is 0. The molecular formula is C8H13NO3. The summed E-state index contributed by atoms with van der Waals surface area (Å²) in [5.74, 6) is 0.206. The third-order valence-corrected chi connectivity index (χ3v) is 2.16. The number of likely N-dealkylation sites (tertiary alicyclic amines) is 1. The Morgan fingerprint density at radius 3 is 2.83 bits per heavy atom. The van der Waals surface area contributed by atoms with Crippen LogP contribution in [0.5, 0.6) is 0 Å². The number of piperidine rings is 1. The van der Waals surface area contributed by atoms with Gasteiger partial charge in [-0.25, -0.2) is 4.79 Å². The molecule has 12 heavy (non-hydrogen) atoms. The minimum atomic E-state index is -0.407. The van der Waals surface area contributed by atoms with Crippen LogP contribution in [0, 0.1) is 5.92 Å². The van der Waals surface area contributed by atoms with Crippen molar-refractivity contribution in [2.75, 3.05) is 20.2 Å². The standard InChI is InChI=1S/C8H13NO3/c1-6-3-4-9(5-7(6)10)8(11)12-2/h6H,3-5H2,1-2H3. The number of hydrogen-bond donors (Lipinski definition) is 0. The van der Waals surface area contributed by atoms with Crippen LogP contribution in [0.2, 0.25) is 0 Å². The van der Waals surface area contributed by atoms with Crippen LogP contribution in [0.4, 0.5) is 4.79 Å². The second-order valence-electron chi connectivity index (χ2n) is 3.05. The van der Waals surface area contributed by atoms with E-state index in [1.165, 1.54) is 12.0 Å². The summed E-state index contributed by atoms with van der Waals surface area (Å²) in [6.07, 6.45) is 0.337. The summed E-state index contributed by atoms with van der Waals surface area (Å²) in [6.45, 7) is 2.71. The molecule has 4 heteroatoms. The Morgan fingerprint density at radius 2 is 2.33 bits per heavy atom. The van der Waals surface area contributed by atoms with E-state index in [9.17, 15) is 9.59 Å². The largest absolute Gasteiger partial charge is 0.453 e. The predicted molar refractivity (Wildman–Crippen MR) is 42.8 cm³/mol. The average molecular weight is 171 g/mol. The monoisotopic (exact) mass is 171 g/mol. The molecule has 4 nitrogen and oxygen atoms in total. The molecule has 0 aromatic rings. The van der Waals surface area contributed by atoms with Crippen molar-refractivity contribution in [3.63, 3.8) is 0 Å². The van der Waals surface area contributed by atoms with Crippen molar-refractivity contribution in [3.8, 4) is 0 Å². The molecule has 1 unspecified atom stereocenters. The van der Waals surface area contributed by atoms with Gasteiger partial charge in [0.2, 0.25) is 0 Å². The molecule has 0 N–H and O–H groups in total. The van der Waals surface area contributed by atoms with E-state index >= 15 is 0 Å². The Hall–Kier alpha value is -1.06. The summed E-state index contributed by atoms with van der Waals surface area (Å²) in [6, 6.07) is 0. The zero-order chi connectivity index (χ0) is 9.14. The topological polar surface area (TPSA) is 46.6 Å². The molecule has 0 bridgehead atoms. The second-order valence-corrected chi connectivity index (χ2v) is 3.05. The van der Waals surface area contributed by atoms with E-state index < -0.39 is 6.09 Å². The molecule has 1 aliphatic heterocycles. The molecule has 1 amide bonds. The molecule has 1 saturated heterocycles. The minimum Gasteiger partial charge on any atom is -0.453 e. The van der Waals surface area contributed by atoms with Crippen LogP contribution in [0.3, 0.4) is 0 Å². The molecule has 0 aliphatic carbocycles. The maximum Gasteiger partial charge on any atom is 0.409 e. The third-order valence-electron chi connectivity index (χ3n) is 2.16. The molecular weight excluding hydrogens is 158 g/mol. The van der Waals surface area contributed by atoms with Crippen molar-refractivity contribution < 1.29 is 14.3 Å². The first-order valence-electron chi connectivity index (χ1n) is 4.00. The molecule has 0 saturated carbocycles. The number of amides is 1. The van der Waals surface area contributed by atoms with Crippen LogP contribution >= 0.6 is 0 Å². The maximum absolute atomic E-state index is 11.2. The number of methoxy groups -OCH3 is 1. The maximum atomic E-state index is 11.2. The van der Waals surface area contributed by atoms with E-state index in [1.54, 1.807) is 0 Å². The van der Waals surface area contributed by atoms with Gasteiger partial charge in [-0.2, -0.15) is 0 Å². The molecule has 1 rings (SSSR count). The molecule has 0 aromatic heterocycles. The van der Waals surface area contributed by atoms with Crippen molar-refractivity contribution in [2.45, 2.75) is 13.3 Å². The highest BCUT2D eigenvalue weighted by Crippen LogP contribution is 2.13. The molecule has 1 aliphatic rings. The average Bonchev–Trinajstić information content (AvgIpc) is 2.08. The Labute approximate surface area is 71.5 Å². The highest BCUT2D eigenvalue weighted by atomic mass is 16.5. The van der Waals surface area contributed by atoms with Crippen LogP contribution in [-0.4, -0.2) is 37.0 Å². The van der Waals surface area contributed by atoms with Gasteiger partial charge in [0.1, 0.15) is 0 Å². The zero-order valence-electron chi connectivity index (χ0n) is 7.37. The number of ketones is 1. The summed E-state index contributed by atoms with van der Waals surface area (Å²) >= 11 is 0. The lowest BCUT2D eigenvalue weighted by Crippen LogP contribution is -2.43. The van der Waals surface area contributed by atoms with Gasteiger partial charge < -0.3 is 9.64 Å². The minimum absolute atomic E-state index is 0.0888. The SMILES string of the molecule is COC(=O)N1CCC(C)C(=O)C1. The van der Waals surface area contributed by atoms with Crippen molar-refractivity contribution in [1.82, 2.24) is 4.90 Å². The van der Waals surface area contributed by atoms with Crippen molar-refractivity contribution in [2.24, 2.45) is 5.92 Å². The van der Waals surface area contributed by atoms with Crippen LogP contribution in [0.25, 0.3) is 0 Å². The second kappa shape index (κ2) is 3.56. The number of carbonyl (C=O) groups excluding carboxylic acids is 2. The van der Waals surface area contributed by atoms with Crippen LogP contribution in [0.15, 0.2) is 0 Å². The fourth-order valence-corrected chi connectivity index (χ4v) is 1.22. The summed E-state index contributed by atoms with van der Waals surface area (Å²) in [7, 11) is 1.32. The number of hydrogen-bond acceptors (Lipinski definition) is 3. The summed E-state index contributed by atoms with van der Waals surface area (Å²) in [5.41, 5.74) is 0. The molecule has 1 fully saturated rings. The lowest BCUT2D eigenvalue weighted by molar-refractivity contribution is -0.125. The Bertz CT molecular complexity index is 200. The number of nitrogens with zero attached hydrogens (tertiary/aromatic N) is 1. The first-order chi connectivity index (χ1) is 5.65. The van der Waals surface area contributed by atoms with E-state index in [1.807, 2.05) is 6.92 Å². The predicted octanol–water partition coefficient (Wildman–Crippen LogP) is 0.664. The normalized spacial score (nSPS) is 24.0. The van der Waals surface area contributed by atoms with Crippen molar-refractivity contribution >= 4 is 11.9 Å². The third kappa shape index (κ3) is 1.75. The summed E-state index contributed by atoms with van der Waals surface area (Å²) in [4.78, 5) is 23.6. The first kappa shape index (κ1) is 9.03. The molecule has 0 aromatic carbocycles. The van der Waals surface area contributed by atoms with Gasteiger partial charge in [0.15, 0.2) is 5.78 Å². The van der Waals surface area contributed by atoms with Gasteiger partial charge in [-0.1, -0.05) is 6.92 Å². The Kier molecular flexibility index (Phi) is 2.68. The van der Waals surface area contributed by atoms with Crippen molar-refractivity contribution in [1.29, 1.82) is 0 Å². The molecule has 1 heterocycles. The first-order valence-corrected chi connectivity index (χ1v) is 4.00. The highest BCUT2D eigenvalue weighted by Gasteiger charge is 2.26. The lowest BCUT2D eigenvalue weighted by Gasteiger charge is -2.27. The fourth-order valence-electron chi connectivity index (χ4n) is 1.22. The van der Waals surface area contributed by atoms with Crippen LogP contribution in [0.1, 0.15) is 13.3 Å². The number of Topliss-reactive ketones (excluding diaryl/α,β-unsaturated/α-hetero) is 1. The molecule has 0 spiro atoms. The van der Waals surface area contributed by atoms with E-state index in [0.717, 1.165) is 6.42 Å². The van der Waals surface area contributed by atoms with Gasteiger partial charge in [-0.3, -0.25) is 4.79 Å². The number of carbonyl (C=O) groups is 2. The molecule has 0 radical (unpaired) electrons. The highest BCUT2D eigenvalue weighted by molar-refractivity contribution is 5.86. The van der Waals surface area contributed by atoms with E-state index in [2.05, 4.69) is 4.74 Å². The Balaban J connectivity index is 2.51. The van der Waals surface area contributed by atoms with Gasteiger partial charge in [-0.15, -0.1) is 0 Å². The zero-order valence-corrected chi connectivity index (χ0v) is 7.37. The molecule has 1 atom stereocenters. The van der Waals surface area contributed by atoms with E-state index in [4.69, 9.17) is 0 Å². The quantitative estimate of drug-likeness (QED) is 0.538. The van der Waals surface area contributed by atoms with Gasteiger partial charge in [-0.05, 0) is 6.42 Å². The summed E-state index contributed by atoms with van der Waals surface area (Å²) in [5, 5.41) is 0. The van der Waals surface area contributed by atoms with Gasteiger partial charge in [0.25, 0.3) is 0 Å². The molecule has 68 valence electrons. The van der Waals surface area contributed by atoms with Crippen molar-refractivity contribution in [3.05, 3.63) is 0 Å². The summed E-state index contributed by atoms with van der Waals surface area (Å²) < 4.78 is 4.51. The van der Waals surface area contributed by atoms with Crippen LogP contribution < -0.4 is 0 Å². The van der Waals surface area contributed by atoms with Gasteiger partial charge in [0, 0.05) is 12.5 Å². The Morgan fingerprint density at radius 1 is 1.67 bits per heavy atom. The number of ether oxygens (including phenoxy) is 1. The fraction of sp³-hybridized carbons (Fsp3) is 0.750. The van der Waals surface area contributed by atoms with E-state index in [-0.39, 0.29) is 18.2 Å². The smallest absolute Gasteiger partial charge is 0.409 e. The van der Waals surface area contributed by atoms with E-state index in [0.29, 0.717) is 6.54 Å².